The first-order valence-corrected chi connectivity index (χ1v) is 6.74. The summed E-state index contributed by atoms with van der Waals surface area (Å²) < 4.78 is 0. The fourth-order valence-electron chi connectivity index (χ4n) is 3.10. The number of nitrogens with one attached hydrogen (secondary N) is 1. The monoisotopic (exact) mass is 245 g/mol. The van der Waals surface area contributed by atoms with Crippen LogP contribution in [-0.4, -0.2) is 0 Å². The highest BCUT2D eigenvalue weighted by Gasteiger charge is 2.23. The number of anilines is 1. The Kier molecular flexibility index (Phi) is 2.31. The van der Waals surface area contributed by atoms with Crippen molar-refractivity contribution in [3.8, 4) is 0 Å². The van der Waals surface area contributed by atoms with Gasteiger partial charge in [0.15, 0.2) is 0 Å². The smallest absolute Gasteiger partial charge is 0.0560 e. The number of para-hydroxylation sites is 1. The van der Waals surface area contributed by atoms with E-state index in [1.165, 1.54) is 27.6 Å². The Morgan fingerprint density at radius 2 is 1.58 bits per heavy atom. The molecule has 0 heterocycles. The topological polar surface area (TPSA) is 12.0 Å². The Morgan fingerprint density at radius 1 is 0.789 bits per heavy atom. The molecule has 1 aliphatic rings. The molecule has 0 amide bonds. The summed E-state index contributed by atoms with van der Waals surface area (Å²) >= 11 is 0. The standard InChI is InChI=1S/C18H15N/c1-2-9-15(10-3-1)19-17-12-14-8-4-6-13-7-5-11-16(17)18(13)14/h1-11,17,19H,12H2. The van der Waals surface area contributed by atoms with Gasteiger partial charge < -0.3 is 5.32 Å². The van der Waals surface area contributed by atoms with Gasteiger partial charge in [-0.1, -0.05) is 54.6 Å². The molecule has 0 saturated carbocycles. The molecule has 4 rings (SSSR count). The maximum absolute atomic E-state index is 3.65. The van der Waals surface area contributed by atoms with Gasteiger partial charge in [0.05, 0.1) is 6.04 Å². The van der Waals surface area contributed by atoms with E-state index in [4.69, 9.17) is 0 Å². The highest BCUT2D eigenvalue weighted by molar-refractivity contribution is 5.91. The highest BCUT2D eigenvalue weighted by Crippen LogP contribution is 2.38. The van der Waals surface area contributed by atoms with Gasteiger partial charge >= 0.3 is 0 Å². The fraction of sp³-hybridized carbons (Fsp3) is 0.111. The SMILES string of the molecule is c1ccc(NC2Cc3cccc4cccc2c34)cc1. The second kappa shape index (κ2) is 4.13. The molecule has 0 saturated heterocycles. The quantitative estimate of drug-likeness (QED) is 0.698. The molecule has 3 aromatic carbocycles. The average molecular weight is 245 g/mol. The van der Waals surface area contributed by atoms with E-state index in [0.717, 1.165) is 6.42 Å². The van der Waals surface area contributed by atoms with Crippen molar-refractivity contribution in [1.82, 2.24) is 0 Å². The van der Waals surface area contributed by atoms with E-state index < -0.39 is 0 Å². The minimum absolute atomic E-state index is 0.392. The summed E-state index contributed by atoms with van der Waals surface area (Å²) in [6.07, 6.45) is 1.07. The van der Waals surface area contributed by atoms with Crippen LogP contribution in [-0.2, 0) is 6.42 Å². The van der Waals surface area contributed by atoms with Crippen LogP contribution >= 0.6 is 0 Å². The first kappa shape index (κ1) is 10.6. The van der Waals surface area contributed by atoms with Gasteiger partial charge in [-0.3, -0.25) is 0 Å². The van der Waals surface area contributed by atoms with Crippen molar-refractivity contribution in [2.75, 3.05) is 5.32 Å². The lowest BCUT2D eigenvalue weighted by atomic mass is 10.0. The Bertz CT molecular complexity index is 726. The second-order valence-corrected chi connectivity index (χ2v) is 5.13. The van der Waals surface area contributed by atoms with Crippen LogP contribution in [0, 0.1) is 0 Å². The Hall–Kier alpha value is -2.28. The Labute approximate surface area is 112 Å². The predicted molar refractivity (Wildman–Crippen MR) is 80.5 cm³/mol. The molecular weight excluding hydrogens is 230 g/mol. The normalized spacial score (nSPS) is 16.7. The molecule has 1 aliphatic carbocycles. The van der Waals surface area contributed by atoms with Gasteiger partial charge in [0.1, 0.15) is 0 Å². The predicted octanol–water partition coefficient (Wildman–Crippen LogP) is 4.55. The molecule has 1 heteroatoms. The van der Waals surface area contributed by atoms with E-state index in [1.807, 2.05) is 0 Å². The number of hydrogen-bond donors (Lipinski definition) is 1. The summed E-state index contributed by atoms with van der Waals surface area (Å²) in [6.45, 7) is 0. The highest BCUT2D eigenvalue weighted by atomic mass is 14.9. The molecule has 1 N–H and O–H groups in total. The molecule has 1 atom stereocenters. The molecule has 0 bridgehead atoms. The van der Waals surface area contributed by atoms with Gasteiger partial charge in [-0.15, -0.1) is 0 Å². The van der Waals surface area contributed by atoms with Crippen molar-refractivity contribution < 1.29 is 0 Å². The number of hydrogen-bond acceptors (Lipinski definition) is 1. The zero-order valence-electron chi connectivity index (χ0n) is 10.6. The minimum Gasteiger partial charge on any atom is -0.378 e. The molecule has 3 aromatic rings. The number of rotatable bonds is 2. The molecule has 19 heavy (non-hydrogen) atoms. The largest absolute Gasteiger partial charge is 0.378 e. The zero-order chi connectivity index (χ0) is 12.7. The van der Waals surface area contributed by atoms with Gasteiger partial charge in [-0.2, -0.15) is 0 Å². The van der Waals surface area contributed by atoms with Crippen LogP contribution in [0.15, 0.2) is 66.7 Å². The van der Waals surface area contributed by atoms with E-state index >= 15 is 0 Å². The summed E-state index contributed by atoms with van der Waals surface area (Å²) in [5, 5.41) is 6.44. The van der Waals surface area contributed by atoms with Gasteiger partial charge in [-0.25, -0.2) is 0 Å². The molecule has 0 aromatic heterocycles. The van der Waals surface area contributed by atoms with E-state index in [2.05, 4.69) is 72.0 Å². The van der Waals surface area contributed by atoms with Crippen LogP contribution in [0.3, 0.4) is 0 Å². The van der Waals surface area contributed by atoms with E-state index in [9.17, 15) is 0 Å². The van der Waals surface area contributed by atoms with Gasteiger partial charge in [0.25, 0.3) is 0 Å². The fourth-order valence-corrected chi connectivity index (χ4v) is 3.10. The summed E-state index contributed by atoms with van der Waals surface area (Å²) in [7, 11) is 0. The van der Waals surface area contributed by atoms with Crippen molar-refractivity contribution in [1.29, 1.82) is 0 Å². The van der Waals surface area contributed by atoms with Crippen molar-refractivity contribution in [3.05, 3.63) is 77.9 Å². The third-order valence-corrected chi connectivity index (χ3v) is 3.94. The molecule has 1 unspecified atom stereocenters. The van der Waals surface area contributed by atoms with E-state index in [1.54, 1.807) is 0 Å². The minimum atomic E-state index is 0.392. The number of benzene rings is 3. The summed E-state index contributed by atoms with van der Waals surface area (Å²) in [6, 6.07) is 24.1. The summed E-state index contributed by atoms with van der Waals surface area (Å²) in [5.74, 6) is 0. The molecule has 1 nitrogen and oxygen atoms in total. The van der Waals surface area contributed by atoms with E-state index in [0.29, 0.717) is 6.04 Å². The van der Waals surface area contributed by atoms with Gasteiger partial charge in [0.2, 0.25) is 0 Å². The van der Waals surface area contributed by atoms with Crippen LogP contribution in [0.1, 0.15) is 17.2 Å². The maximum Gasteiger partial charge on any atom is 0.0560 e. The van der Waals surface area contributed by atoms with Crippen molar-refractivity contribution in [3.63, 3.8) is 0 Å². The maximum atomic E-state index is 3.65. The third-order valence-electron chi connectivity index (χ3n) is 3.94. The van der Waals surface area contributed by atoms with Crippen molar-refractivity contribution >= 4 is 16.5 Å². The van der Waals surface area contributed by atoms with E-state index in [-0.39, 0.29) is 0 Å². The summed E-state index contributed by atoms with van der Waals surface area (Å²) in [4.78, 5) is 0. The Morgan fingerprint density at radius 3 is 2.42 bits per heavy atom. The molecule has 0 aliphatic heterocycles. The molecule has 92 valence electrons. The van der Waals surface area contributed by atoms with Gasteiger partial charge in [0, 0.05) is 5.69 Å². The van der Waals surface area contributed by atoms with Gasteiger partial charge in [-0.05, 0) is 40.5 Å². The lowest BCUT2D eigenvalue weighted by Gasteiger charge is -2.15. The van der Waals surface area contributed by atoms with Crippen molar-refractivity contribution in [2.45, 2.75) is 12.5 Å². The van der Waals surface area contributed by atoms with Crippen LogP contribution in [0.4, 0.5) is 5.69 Å². The summed E-state index contributed by atoms with van der Waals surface area (Å²) in [5.41, 5.74) is 4.08. The third kappa shape index (κ3) is 1.70. The zero-order valence-corrected chi connectivity index (χ0v) is 10.6. The lowest BCUT2D eigenvalue weighted by Crippen LogP contribution is -2.08. The average Bonchev–Trinajstić information content (AvgIpc) is 2.81. The van der Waals surface area contributed by atoms with Crippen LogP contribution < -0.4 is 5.32 Å². The second-order valence-electron chi connectivity index (χ2n) is 5.13. The first-order valence-electron chi connectivity index (χ1n) is 6.74. The van der Waals surface area contributed by atoms with Crippen LogP contribution in [0.2, 0.25) is 0 Å². The van der Waals surface area contributed by atoms with Crippen molar-refractivity contribution in [2.24, 2.45) is 0 Å². The first-order chi connectivity index (χ1) is 9.42. The molecule has 0 spiro atoms. The molecular formula is C18H15N. The Balaban J connectivity index is 1.77. The molecule has 0 fully saturated rings. The van der Waals surface area contributed by atoms with Crippen LogP contribution in [0.25, 0.3) is 10.8 Å². The molecule has 0 radical (unpaired) electrons. The lowest BCUT2D eigenvalue weighted by molar-refractivity contribution is 0.815. The van der Waals surface area contributed by atoms with Crippen LogP contribution in [0.5, 0.6) is 0 Å².